The fraction of sp³-hybridized carbons (Fsp3) is 0.407. The van der Waals surface area contributed by atoms with E-state index in [4.69, 9.17) is 9.72 Å². The van der Waals surface area contributed by atoms with Crippen LogP contribution in [0.2, 0.25) is 0 Å². The predicted molar refractivity (Wildman–Crippen MR) is 123 cm³/mol. The Morgan fingerprint density at radius 1 is 0.968 bits per heavy atom. The number of ether oxygens (including phenoxy) is 1. The first-order chi connectivity index (χ1) is 15.1. The van der Waals surface area contributed by atoms with Crippen molar-refractivity contribution in [2.45, 2.75) is 43.9 Å². The highest BCUT2D eigenvalue weighted by Crippen LogP contribution is 2.61. The van der Waals surface area contributed by atoms with Crippen LogP contribution in [-0.4, -0.2) is 18.0 Å². The molecule has 0 atom stereocenters. The summed E-state index contributed by atoms with van der Waals surface area (Å²) in [6.45, 7) is 0. The number of methoxy groups -OCH3 is 1. The van der Waals surface area contributed by atoms with Gasteiger partial charge < -0.3 is 10.1 Å². The van der Waals surface area contributed by atoms with E-state index in [-0.39, 0.29) is 11.3 Å². The Morgan fingerprint density at radius 2 is 1.61 bits per heavy atom. The predicted octanol–water partition coefficient (Wildman–Crippen LogP) is 5.96. The standard InChI is InChI=1S/C27H28N2O2/c1-31-21-8-6-20(7-9-21)28-26(30)25-13-23(22-4-2-3-5-24(22)29-25)27-14-17-10-18(15-27)12-19(11-17)16-27/h2-9,13,17-19H,10-12,14-16H2,1H3,(H,28,30). The molecule has 0 radical (unpaired) electrons. The molecule has 0 aliphatic heterocycles. The molecule has 4 saturated carbocycles. The highest BCUT2D eigenvalue weighted by atomic mass is 16.5. The first kappa shape index (κ1) is 18.9. The van der Waals surface area contributed by atoms with Gasteiger partial charge in [-0.25, -0.2) is 4.98 Å². The number of hydrogen-bond donors (Lipinski definition) is 1. The van der Waals surface area contributed by atoms with E-state index < -0.39 is 0 Å². The second kappa shape index (κ2) is 7.08. The Morgan fingerprint density at radius 3 is 2.26 bits per heavy atom. The number of benzene rings is 2. The van der Waals surface area contributed by atoms with Gasteiger partial charge in [-0.15, -0.1) is 0 Å². The lowest BCUT2D eigenvalue weighted by Crippen LogP contribution is -2.48. The van der Waals surface area contributed by atoms with Gasteiger partial charge in [-0.3, -0.25) is 4.79 Å². The topological polar surface area (TPSA) is 51.2 Å². The lowest BCUT2D eigenvalue weighted by molar-refractivity contribution is -0.00453. The number of carbonyl (C=O) groups is 1. The third-order valence-electron chi connectivity index (χ3n) is 7.91. The summed E-state index contributed by atoms with van der Waals surface area (Å²) in [6.07, 6.45) is 8.04. The van der Waals surface area contributed by atoms with E-state index in [0.29, 0.717) is 5.69 Å². The van der Waals surface area contributed by atoms with Crippen LogP contribution in [0.25, 0.3) is 10.9 Å². The molecule has 0 unspecified atom stereocenters. The zero-order valence-corrected chi connectivity index (χ0v) is 17.9. The van der Waals surface area contributed by atoms with Crippen molar-refractivity contribution in [3.05, 3.63) is 65.9 Å². The maximum atomic E-state index is 13.2. The molecule has 4 fully saturated rings. The van der Waals surface area contributed by atoms with Gasteiger partial charge in [-0.05, 0) is 104 Å². The number of para-hydroxylation sites is 1. The van der Waals surface area contributed by atoms with E-state index in [1.165, 1.54) is 49.5 Å². The Kier molecular flexibility index (Phi) is 4.31. The quantitative estimate of drug-likeness (QED) is 0.575. The van der Waals surface area contributed by atoms with Crippen molar-refractivity contribution >= 4 is 22.5 Å². The van der Waals surface area contributed by atoms with Gasteiger partial charge >= 0.3 is 0 Å². The van der Waals surface area contributed by atoms with Gasteiger partial charge in [-0.1, -0.05) is 18.2 Å². The van der Waals surface area contributed by atoms with Crippen molar-refractivity contribution in [2.75, 3.05) is 12.4 Å². The summed E-state index contributed by atoms with van der Waals surface area (Å²) in [4.78, 5) is 17.9. The summed E-state index contributed by atoms with van der Waals surface area (Å²) >= 11 is 0. The molecular weight excluding hydrogens is 384 g/mol. The molecule has 7 rings (SSSR count). The van der Waals surface area contributed by atoms with E-state index >= 15 is 0 Å². The molecule has 1 aromatic heterocycles. The number of rotatable bonds is 4. The lowest BCUT2D eigenvalue weighted by Gasteiger charge is -2.57. The Balaban J connectivity index is 1.40. The molecule has 31 heavy (non-hydrogen) atoms. The molecule has 1 N–H and O–H groups in total. The molecule has 1 heterocycles. The van der Waals surface area contributed by atoms with E-state index in [2.05, 4.69) is 23.5 Å². The van der Waals surface area contributed by atoms with E-state index in [9.17, 15) is 4.79 Å². The van der Waals surface area contributed by atoms with Gasteiger partial charge in [0.25, 0.3) is 5.91 Å². The molecule has 4 nitrogen and oxygen atoms in total. The van der Waals surface area contributed by atoms with Crippen molar-refractivity contribution in [1.82, 2.24) is 4.98 Å². The van der Waals surface area contributed by atoms with Crippen LogP contribution in [0.4, 0.5) is 5.69 Å². The monoisotopic (exact) mass is 412 g/mol. The second-order valence-corrected chi connectivity index (χ2v) is 9.95. The highest BCUT2D eigenvalue weighted by molar-refractivity contribution is 6.04. The van der Waals surface area contributed by atoms with E-state index in [0.717, 1.165) is 34.7 Å². The highest BCUT2D eigenvalue weighted by Gasteiger charge is 2.52. The van der Waals surface area contributed by atoms with E-state index in [1.807, 2.05) is 36.4 Å². The van der Waals surface area contributed by atoms with Crippen LogP contribution in [0.1, 0.15) is 54.6 Å². The minimum Gasteiger partial charge on any atom is -0.497 e. The molecule has 158 valence electrons. The number of anilines is 1. The fourth-order valence-electron chi connectivity index (χ4n) is 7.04. The summed E-state index contributed by atoms with van der Waals surface area (Å²) in [5.41, 5.74) is 3.76. The molecule has 4 bridgehead atoms. The zero-order chi connectivity index (χ0) is 21.0. The number of nitrogens with one attached hydrogen (secondary N) is 1. The first-order valence-corrected chi connectivity index (χ1v) is 11.5. The van der Waals surface area contributed by atoms with Crippen molar-refractivity contribution in [1.29, 1.82) is 0 Å². The summed E-state index contributed by atoms with van der Waals surface area (Å²) in [7, 11) is 1.64. The van der Waals surface area contributed by atoms with Gasteiger partial charge in [0, 0.05) is 11.1 Å². The smallest absolute Gasteiger partial charge is 0.274 e. The number of amides is 1. The average Bonchev–Trinajstić information content (AvgIpc) is 2.78. The Bertz CT molecular complexity index is 1120. The fourth-order valence-corrected chi connectivity index (χ4v) is 7.04. The SMILES string of the molecule is COc1ccc(NC(=O)c2cc(C34CC5CC(CC(C5)C3)C4)c3ccccc3n2)cc1. The summed E-state index contributed by atoms with van der Waals surface area (Å²) in [5, 5.41) is 4.25. The minimum atomic E-state index is -0.151. The Hall–Kier alpha value is -2.88. The third-order valence-corrected chi connectivity index (χ3v) is 7.91. The van der Waals surface area contributed by atoms with Gasteiger partial charge in [0.05, 0.1) is 12.6 Å². The van der Waals surface area contributed by atoms with Crippen LogP contribution in [0.3, 0.4) is 0 Å². The maximum Gasteiger partial charge on any atom is 0.274 e. The van der Waals surface area contributed by atoms with E-state index in [1.54, 1.807) is 7.11 Å². The molecule has 2 aromatic carbocycles. The minimum absolute atomic E-state index is 0.151. The summed E-state index contributed by atoms with van der Waals surface area (Å²) < 4.78 is 5.21. The normalized spacial score (nSPS) is 28.6. The van der Waals surface area contributed by atoms with Crippen molar-refractivity contribution in [3.8, 4) is 5.75 Å². The summed E-state index contributed by atoms with van der Waals surface area (Å²) in [6, 6.07) is 17.9. The van der Waals surface area contributed by atoms with Crippen LogP contribution >= 0.6 is 0 Å². The van der Waals surface area contributed by atoms with Gasteiger partial charge in [0.15, 0.2) is 0 Å². The van der Waals surface area contributed by atoms with Crippen LogP contribution in [0, 0.1) is 17.8 Å². The Labute approximate surface area is 183 Å². The zero-order valence-electron chi connectivity index (χ0n) is 17.9. The molecule has 1 amide bonds. The average molecular weight is 413 g/mol. The number of nitrogens with zero attached hydrogens (tertiary/aromatic N) is 1. The maximum absolute atomic E-state index is 13.2. The van der Waals surface area contributed by atoms with Crippen molar-refractivity contribution in [2.24, 2.45) is 17.8 Å². The summed E-state index contributed by atoms with van der Waals surface area (Å²) in [5.74, 6) is 3.19. The van der Waals surface area contributed by atoms with Crippen LogP contribution in [0.5, 0.6) is 5.75 Å². The van der Waals surface area contributed by atoms with Crippen LogP contribution in [0.15, 0.2) is 54.6 Å². The number of hydrogen-bond acceptors (Lipinski definition) is 3. The van der Waals surface area contributed by atoms with Crippen molar-refractivity contribution in [3.63, 3.8) is 0 Å². The lowest BCUT2D eigenvalue weighted by atomic mass is 9.48. The van der Waals surface area contributed by atoms with Gasteiger partial charge in [0.2, 0.25) is 0 Å². The van der Waals surface area contributed by atoms with Crippen LogP contribution in [-0.2, 0) is 5.41 Å². The largest absolute Gasteiger partial charge is 0.497 e. The second-order valence-electron chi connectivity index (χ2n) is 9.95. The number of pyridine rings is 1. The molecule has 4 aliphatic carbocycles. The van der Waals surface area contributed by atoms with Gasteiger partial charge in [-0.2, -0.15) is 0 Å². The molecular formula is C27H28N2O2. The third kappa shape index (κ3) is 3.20. The molecule has 4 heteroatoms. The van der Waals surface area contributed by atoms with Crippen molar-refractivity contribution < 1.29 is 9.53 Å². The van der Waals surface area contributed by atoms with Gasteiger partial charge in [0.1, 0.15) is 11.4 Å². The number of aromatic nitrogens is 1. The molecule has 0 spiro atoms. The van der Waals surface area contributed by atoms with Crippen LogP contribution < -0.4 is 10.1 Å². The number of carbonyl (C=O) groups excluding carboxylic acids is 1. The molecule has 3 aromatic rings. The molecule has 4 aliphatic rings. The molecule has 0 saturated heterocycles. The number of fused-ring (bicyclic) bond motifs is 1. The first-order valence-electron chi connectivity index (χ1n) is 11.5.